The number of hydrogen-bond donors (Lipinski definition) is 1. The van der Waals surface area contributed by atoms with Crippen molar-refractivity contribution < 1.29 is 4.79 Å². The quantitative estimate of drug-likeness (QED) is 0.914. The first-order chi connectivity index (χ1) is 9.11. The molecule has 0 aliphatic heterocycles. The molecule has 1 heterocycles. The first kappa shape index (κ1) is 13.2. The van der Waals surface area contributed by atoms with Gasteiger partial charge in [0, 0.05) is 25.5 Å². The number of nitrogens with two attached hydrogens (primary N) is 1. The van der Waals surface area contributed by atoms with E-state index in [1.54, 1.807) is 24.2 Å². The van der Waals surface area contributed by atoms with E-state index in [0.717, 1.165) is 16.8 Å². The maximum absolute atomic E-state index is 12.3. The molecule has 0 aliphatic carbocycles. The monoisotopic (exact) mass is 255 g/mol. The van der Waals surface area contributed by atoms with E-state index in [4.69, 9.17) is 5.73 Å². The summed E-state index contributed by atoms with van der Waals surface area (Å²) in [6.07, 6.45) is 1.61. The highest BCUT2D eigenvalue weighted by atomic mass is 16.2. The second-order valence-corrected chi connectivity index (χ2v) is 4.46. The summed E-state index contributed by atoms with van der Waals surface area (Å²) < 4.78 is 0. The van der Waals surface area contributed by atoms with Crippen LogP contribution in [0.3, 0.4) is 0 Å². The first-order valence-corrected chi connectivity index (χ1v) is 6.11. The smallest absolute Gasteiger partial charge is 0.276 e. The fourth-order valence-corrected chi connectivity index (χ4v) is 1.84. The maximum Gasteiger partial charge on any atom is 0.276 e. The Balaban J connectivity index is 2.28. The molecule has 19 heavy (non-hydrogen) atoms. The number of carbonyl (C=O) groups excluding carboxylic acids is 1. The van der Waals surface area contributed by atoms with Crippen molar-refractivity contribution in [1.82, 2.24) is 4.98 Å². The molecule has 4 nitrogen and oxygen atoms in total. The highest BCUT2D eigenvalue weighted by Gasteiger charge is 2.15. The van der Waals surface area contributed by atoms with Gasteiger partial charge in [-0.3, -0.25) is 9.78 Å². The van der Waals surface area contributed by atoms with Gasteiger partial charge in [-0.1, -0.05) is 12.1 Å². The number of anilines is 1. The van der Waals surface area contributed by atoms with E-state index in [-0.39, 0.29) is 5.91 Å². The Morgan fingerprint density at radius 2 is 2.11 bits per heavy atom. The number of aromatic nitrogens is 1. The van der Waals surface area contributed by atoms with Crippen molar-refractivity contribution in [3.63, 3.8) is 0 Å². The normalized spacial score (nSPS) is 10.3. The van der Waals surface area contributed by atoms with Crippen LogP contribution in [0.25, 0.3) is 0 Å². The summed E-state index contributed by atoms with van der Waals surface area (Å²) in [6.45, 7) is 2.39. The molecule has 0 saturated carbocycles. The van der Waals surface area contributed by atoms with Crippen molar-refractivity contribution in [2.75, 3.05) is 11.9 Å². The minimum atomic E-state index is -0.138. The lowest BCUT2D eigenvalue weighted by atomic mass is 10.2. The van der Waals surface area contributed by atoms with Gasteiger partial charge in [-0.25, -0.2) is 0 Å². The molecular weight excluding hydrogens is 238 g/mol. The van der Waals surface area contributed by atoms with Crippen molar-refractivity contribution >= 4 is 11.6 Å². The third kappa shape index (κ3) is 2.98. The Bertz CT molecular complexity index is 595. The average Bonchev–Trinajstić information content (AvgIpc) is 2.45. The zero-order valence-electron chi connectivity index (χ0n) is 11.1. The van der Waals surface area contributed by atoms with E-state index in [1.165, 1.54) is 0 Å². The van der Waals surface area contributed by atoms with Crippen molar-refractivity contribution in [3.05, 3.63) is 59.4 Å². The van der Waals surface area contributed by atoms with Crippen LogP contribution in [0, 0.1) is 6.92 Å². The first-order valence-electron chi connectivity index (χ1n) is 6.11. The van der Waals surface area contributed by atoms with Crippen molar-refractivity contribution in [2.24, 2.45) is 5.73 Å². The Morgan fingerprint density at radius 3 is 2.79 bits per heavy atom. The maximum atomic E-state index is 12.3. The second-order valence-electron chi connectivity index (χ2n) is 4.46. The Kier molecular flexibility index (Phi) is 3.92. The fraction of sp³-hybridized carbons (Fsp3) is 0.200. The molecule has 2 rings (SSSR count). The number of rotatable bonds is 3. The number of carbonyl (C=O) groups is 1. The van der Waals surface area contributed by atoms with Crippen LogP contribution in [0.4, 0.5) is 5.69 Å². The molecule has 1 aromatic heterocycles. The number of amides is 1. The molecule has 98 valence electrons. The molecule has 0 fully saturated rings. The van der Waals surface area contributed by atoms with E-state index in [2.05, 4.69) is 4.98 Å². The molecule has 0 saturated heterocycles. The van der Waals surface area contributed by atoms with Crippen LogP contribution in [0.5, 0.6) is 0 Å². The predicted molar refractivity (Wildman–Crippen MR) is 76.0 cm³/mol. The highest BCUT2D eigenvalue weighted by molar-refractivity contribution is 6.04. The van der Waals surface area contributed by atoms with Gasteiger partial charge in [-0.15, -0.1) is 0 Å². The molecule has 1 aromatic carbocycles. The fourth-order valence-electron chi connectivity index (χ4n) is 1.84. The Hall–Kier alpha value is -2.20. The molecule has 0 unspecified atom stereocenters. The molecular formula is C15H17N3O. The van der Waals surface area contributed by atoms with Gasteiger partial charge in [-0.05, 0) is 42.3 Å². The third-order valence-electron chi connectivity index (χ3n) is 2.97. The molecule has 0 aliphatic rings. The topological polar surface area (TPSA) is 59.2 Å². The van der Waals surface area contributed by atoms with Crippen molar-refractivity contribution in [3.8, 4) is 0 Å². The Labute approximate surface area is 112 Å². The average molecular weight is 255 g/mol. The zero-order chi connectivity index (χ0) is 13.8. The summed E-state index contributed by atoms with van der Waals surface area (Å²) in [5, 5.41) is 0. The molecule has 0 bridgehead atoms. The summed E-state index contributed by atoms with van der Waals surface area (Å²) in [5.74, 6) is -0.138. The standard InChI is InChI=1S/C15H17N3O/c1-11-4-3-5-13(8-11)18(2)15(19)14-9-12(10-16)6-7-17-14/h3-9H,10,16H2,1-2H3. The van der Waals surface area contributed by atoms with Crippen LogP contribution in [0.2, 0.25) is 0 Å². The lowest BCUT2D eigenvalue weighted by Gasteiger charge is -2.17. The van der Waals surface area contributed by atoms with Gasteiger partial charge in [0.1, 0.15) is 5.69 Å². The summed E-state index contributed by atoms with van der Waals surface area (Å²) in [7, 11) is 1.74. The highest BCUT2D eigenvalue weighted by Crippen LogP contribution is 2.16. The molecule has 0 radical (unpaired) electrons. The molecule has 0 spiro atoms. The van der Waals surface area contributed by atoms with Crippen LogP contribution < -0.4 is 10.6 Å². The number of aryl methyl sites for hydroxylation is 1. The lowest BCUT2D eigenvalue weighted by molar-refractivity contribution is 0.0988. The minimum Gasteiger partial charge on any atom is -0.326 e. The van der Waals surface area contributed by atoms with Crippen LogP contribution in [0.1, 0.15) is 21.6 Å². The largest absolute Gasteiger partial charge is 0.326 e. The summed E-state index contributed by atoms with van der Waals surface area (Å²) in [4.78, 5) is 18.0. The van der Waals surface area contributed by atoms with Gasteiger partial charge in [0.15, 0.2) is 0 Å². The lowest BCUT2D eigenvalue weighted by Crippen LogP contribution is -2.27. The number of pyridine rings is 1. The van der Waals surface area contributed by atoms with Gasteiger partial charge in [-0.2, -0.15) is 0 Å². The van der Waals surface area contributed by atoms with Crippen LogP contribution >= 0.6 is 0 Å². The van der Waals surface area contributed by atoms with E-state index in [9.17, 15) is 4.79 Å². The van der Waals surface area contributed by atoms with Crippen molar-refractivity contribution in [2.45, 2.75) is 13.5 Å². The van der Waals surface area contributed by atoms with E-state index in [1.807, 2.05) is 37.3 Å². The SMILES string of the molecule is Cc1cccc(N(C)C(=O)c2cc(CN)ccn2)c1. The van der Waals surface area contributed by atoms with E-state index < -0.39 is 0 Å². The van der Waals surface area contributed by atoms with Gasteiger partial charge in [0.2, 0.25) is 0 Å². The predicted octanol–water partition coefficient (Wildman–Crippen LogP) is 2.13. The second kappa shape index (κ2) is 5.63. The van der Waals surface area contributed by atoms with Gasteiger partial charge < -0.3 is 10.6 Å². The van der Waals surface area contributed by atoms with Crippen molar-refractivity contribution in [1.29, 1.82) is 0 Å². The number of hydrogen-bond acceptors (Lipinski definition) is 3. The van der Waals surface area contributed by atoms with Gasteiger partial charge in [0.25, 0.3) is 5.91 Å². The summed E-state index contributed by atoms with van der Waals surface area (Å²) >= 11 is 0. The van der Waals surface area contributed by atoms with Crippen LogP contribution in [-0.2, 0) is 6.54 Å². The third-order valence-corrected chi connectivity index (χ3v) is 2.97. The molecule has 0 atom stereocenters. The van der Waals surface area contributed by atoms with Gasteiger partial charge >= 0.3 is 0 Å². The summed E-state index contributed by atoms with van der Waals surface area (Å²) in [6, 6.07) is 11.3. The number of benzene rings is 1. The molecule has 1 amide bonds. The number of nitrogens with zero attached hydrogens (tertiary/aromatic N) is 2. The molecule has 2 aromatic rings. The van der Waals surface area contributed by atoms with Crippen LogP contribution in [-0.4, -0.2) is 17.9 Å². The van der Waals surface area contributed by atoms with Gasteiger partial charge in [0.05, 0.1) is 0 Å². The van der Waals surface area contributed by atoms with E-state index >= 15 is 0 Å². The van der Waals surface area contributed by atoms with E-state index in [0.29, 0.717) is 12.2 Å². The zero-order valence-corrected chi connectivity index (χ0v) is 11.1. The minimum absolute atomic E-state index is 0.138. The molecule has 2 N–H and O–H groups in total. The Morgan fingerprint density at radius 1 is 1.32 bits per heavy atom. The summed E-state index contributed by atoms with van der Waals surface area (Å²) in [5.41, 5.74) is 8.85. The van der Waals surface area contributed by atoms with Crippen LogP contribution in [0.15, 0.2) is 42.6 Å². The molecule has 4 heteroatoms.